The maximum atomic E-state index is 14.8. The van der Waals surface area contributed by atoms with E-state index in [1.165, 1.54) is 30.8 Å². The average Bonchev–Trinajstić information content (AvgIpc) is 2.72. The number of rotatable bonds is 2. The van der Waals surface area contributed by atoms with Crippen LogP contribution in [0.3, 0.4) is 0 Å². The van der Waals surface area contributed by atoms with Gasteiger partial charge in [-0.25, -0.2) is 14.2 Å². The highest BCUT2D eigenvalue weighted by Gasteiger charge is 2.20. The molecule has 2 aromatic heterocycles. The Hall–Kier alpha value is -2.75. The number of pyridine rings is 1. The predicted molar refractivity (Wildman–Crippen MR) is 121 cm³/mol. The van der Waals surface area contributed by atoms with E-state index in [1.807, 2.05) is 0 Å². The summed E-state index contributed by atoms with van der Waals surface area (Å²) < 4.78 is 17.0. The van der Waals surface area contributed by atoms with Crippen molar-refractivity contribution in [3.63, 3.8) is 0 Å². The van der Waals surface area contributed by atoms with E-state index in [0.717, 1.165) is 10.1 Å². The highest BCUT2D eigenvalue weighted by atomic mass is 35.5. The third kappa shape index (κ3) is 4.08. The topological polar surface area (TPSA) is 98.0 Å². The van der Waals surface area contributed by atoms with E-state index in [2.05, 4.69) is 15.6 Å². The standard InChI is InChI=1S/C20H20FN5O3.2ClH/c1-10-8-14(23-17-15(10)19(28)26(3)20(29)25(17)2)18(27)24-13-5-4-11-9-22-7-6-12(11)16(13)21;;/h4-5,8,22H,6-7,9H2,1-3H3,(H,24,27);2*1H. The SMILES string of the molecule is Cc1cc(C(=O)Nc2ccc3c(c2F)CCNC3)nc2c1c(=O)n(C)c(=O)n2C.Cl.Cl. The highest BCUT2D eigenvalue weighted by Crippen LogP contribution is 2.25. The van der Waals surface area contributed by atoms with Crippen molar-refractivity contribution >= 4 is 47.4 Å². The Labute approximate surface area is 189 Å². The van der Waals surface area contributed by atoms with Crippen LogP contribution in [0.4, 0.5) is 10.1 Å². The van der Waals surface area contributed by atoms with Crippen molar-refractivity contribution in [1.29, 1.82) is 0 Å². The lowest BCUT2D eigenvalue weighted by atomic mass is 9.99. The van der Waals surface area contributed by atoms with Gasteiger partial charge in [-0.2, -0.15) is 0 Å². The van der Waals surface area contributed by atoms with Crippen molar-refractivity contribution in [1.82, 2.24) is 19.4 Å². The van der Waals surface area contributed by atoms with Gasteiger partial charge in [0.25, 0.3) is 11.5 Å². The number of amides is 1. The maximum absolute atomic E-state index is 14.8. The van der Waals surface area contributed by atoms with E-state index >= 15 is 0 Å². The molecule has 0 aliphatic carbocycles. The van der Waals surface area contributed by atoms with E-state index < -0.39 is 23.0 Å². The zero-order chi connectivity index (χ0) is 20.9. The molecule has 1 amide bonds. The van der Waals surface area contributed by atoms with E-state index in [4.69, 9.17) is 0 Å². The van der Waals surface area contributed by atoms with Crippen LogP contribution in [0.5, 0.6) is 0 Å². The summed E-state index contributed by atoms with van der Waals surface area (Å²) in [7, 11) is 2.87. The predicted octanol–water partition coefficient (Wildman–Crippen LogP) is 1.82. The molecule has 1 aromatic carbocycles. The molecule has 4 rings (SSSR count). The minimum absolute atomic E-state index is 0. The fourth-order valence-corrected chi connectivity index (χ4v) is 3.67. The van der Waals surface area contributed by atoms with Crippen LogP contribution in [-0.4, -0.2) is 26.6 Å². The van der Waals surface area contributed by atoms with Crippen molar-refractivity contribution in [3.05, 3.63) is 67.2 Å². The van der Waals surface area contributed by atoms with Gasteiger partial charge in [-0.1, -0.05) is 6.07 Å². The zero-order valence-electron chi connectivity index (χ0n) is 17.1. The number of carbonyl (C=O) groups excluding carboxylic acids is 1. The molecular formula is C20H22Cl2FN5O3. The minimum Gasteiger partial charge on any atom is -0.318 e. The molecule has 0 fully saturated rings. The van der Waals surface area contributed by atoms with E-state index in [0.29, 0.717) is 30.6 Å². The Morgan fingerprint density at radius 1 is 1.19 bits per heavy atom. The number of nitrogens with zero attached hydrogens (tertiary/aromatic N) is 3. The Morgan fingerprint density at radius 2 is 1.90 bits per heavy atom. The molecule has 1 aliphatic heterocycles. The number of hydrogen-bond acceptors (Lipinski definition) is 5. The van der Waals surface area contributed by atoms with Gasteiger partial charge in [0.2, 0.25) is 0 Å². The number of halogens is 3. The molecule has 31 heavy (non-hydrogen) atoms. The number of carbonyl (C=O) groups is 1. The number of aromatic nitrogens is 3. The fourth-order valence-electron chi connectivity index (χ4n) is 3.67. The summed E-state index contributed by atoms with van der Waals surface area (Å²) in [6.45, 7) is 2.93. The second-order valence-corrected chi connectivity index (χ2v) is 7.17. The average molecular weight is 470 g/mol. The smallest absolute Gasteiger partial charge is 0.318 e. The van der Waals surface area contributed by atoms with Crippen LogP contribution in [0.25, 0.3) is 11.0 Å². The highest BCUT2D eigenvalue weighted by molar-refractivity contribution is 6.04. The molecule has 2 N–H and O–H groups in total. The van der Waals surface area contributed by atoms with Crippen molar-refractivity contribution in [2.75, 3.05) is 11.9 Å². The molecule has 8 nitrogen and oxygen atoms in total. The first-order valence-corrected chi connectivity index (χ1v) is 9.19. The Kier molecular flexibility index (Phi) is 7.25. The number of fused-ring (bicyclic) bond motifs is 2. The number of aryl methyl sites for hydroxylation is 2. The molecule has 0 unspecified atom stereocenters. The molecule has 3 heterocycles. The summed E-state index contributed by atoms with van der Waals surface area (Å²) in [6.07, 6.45) is 0.545. The first-order chi connectivity index (χ1) is 13.8. The lowest BCUT2D eigenvalue weighted by molar-refractivity contribution is 0.102. The molecule has 3 aromatic rings. The van der Waals surface area contributed by atoms with Gasteiger partial charge in [-0.05, 0) is 48.7 Å². The quantitative estimate of drug-likeness (QED) is 0.596. The fraction of sp³-hybridized carbons (Fsp3) is 0.300. The van der Waals surface area contributed by atoms with Crippen LogP contribution in [0.15, 0.2) is 27.8 Å². The molecule has 0 atom stereocenters. The summed E-state index contributed by atoms with van der Waals surface area (Å²) in [5.74, 6) is -1.06. The number of hydrogen-bond donors (Lipinski definition) is 2. The Bertz CT molecular complexity index is 1300. The zero-order valence-corrected chi connectivity index (χ0v) is 18.7. The van der Waals surface area contributed by atoms with Crippen LogP contribution < -0.4 is 21.9 Å². The summed E-state index contributed by atoms with van der Waals surface area (Å²) in [5, 5.41) is 6.00. The van der Waals surface area contributed by atoms with Crippen molar-refractivity contribution < 1.29 is 9.18 Å². The minimum atomic E-state index is -0.615. The molecule has 0 saturated heterocycles. The van der Waals surface area contributed by atoms with Gasteiger partial charge in [0.15, 0.2) is 0 Å². The van der Waals surface area contributed by atoms with Gasteiger partial charge in [0.05, 0.1) is 11.1 Å². The summed E-state index contributed by atoms with van der Waals surface area (Å²) in [6, 6.07) is 4.77. The third-order valence-electron chi connectivity index (χ3n) is 5.30. The molecule has 166 valence electrons. The third-order valence-corrected chi connectivity index (χ3v) is 5.30. The molecule has 0 spiro atoms. The van der Waals surface area contributed by atoms with Gasteiger partial charge < -0.3 is 10.6 Å². The molecular weight excluding hydrogens is 448 g/mol. The van der Waals surface area contributed by atoms with Gasteiger partial charge in [-0.15, -0.1) is 24.8 Å². The summed E-state index contributed by atoms with van der Waals surface area (Å²) in [5.41, 5.74) is 1.14. The second kappa shape index (κ2) is 9.17. The van der Waals surface area contributed by atoms with E-state index in [9.17, 15) is 18.8 Å². The largest absolute Gasteiger partial charge is 0.332 e. The summed E-state index contributed by atoms with van der Waals surface area (Å²) in [4.78, 5) is 41.6. The van der Waals surface area contributed by atoms with Crippen LogP contribution in [0.2, 0.25) is 0 Å². The molecule has 0 radical (unpaired) electrons. The van der Waals surface area contributed by atoms with Gasteiger partial charge in [0, 0.05) is 20.6 Å². The van der Waals surface area contributed by atoms with Crippen molar-refractivity contribution in [2.45, 2.75) is 19.9 Å². The Balaban J connectivity index is 0.00000171. The van der Waals surface area contributed by atoms with Crippen LogP contribution in [-0.2, 0) is 27.1 Å². The van der Waals surface area contributed by atoms with Crippen LogP contribution in [0, 0.1) is 12.7 Å². The number of nitrogens with one attached hydrogen (secondary N) is 2. The van der Waals surface area contributed by atoms with Crippen LogP contribution in [0.1, 0.15) is 27.2 Å². The molecule has 0 bridgehead atoms. The number of anilines is 1. The van der Waals surface area contributed by atoms with E-state index in [1.54, 1.807) is 13.0 Å². The molecule has 11 heteroatoms. The first-order valence-electron chi connectivity index (χ1n) is 9.19. The van der Waals surface area contributed by atoms with Crippen molar-refractivity contribution in [3.8, 4) is 0 Å². The van der Waals surface area contributed by atoms with E-state index in [-0.39, 0.29) is 47.2 Å². The van der Waals surface area contributed by atoms with Crippen LogP contribution >= 0.6 is 24.8 Å². The van der Waals surface area contributed by atoms with Gasteiger partial charge >= 0.3 is 5.69 Å². The van der Waals surface area contributed by atoms with Crippen molar-refractivity contribution in [2.24, 2.45) is 14.1 Å². The summed E-state index contributed by atoms with van der Waals surface area (Å²) >= 11 is 0. The second-order valence-electron chi connectivity index (χ2n) is 7.17. The number of benzene rings is 1. The molecule has 0 saturated carbocycles. The van der Waals surface area contributed by atoms with Gasteiger partial charge in [0.1, 0.15) is 17.2 Å². The normalized spacial score (nSPS) is 12.5. The molecule has 1 aliphatic rings. The first kappa shape index (κ1) is 24.5. The lowest BCUT2D eigenvalue weighted by Crippen LogP contribution is -2.38. The lowest BCUT2D eigenvalue weighted by Gasteiger charge is -2.19. The monoisotopic (exact) mass is 469 g/mol. The maximum Gasteiger partial charge on any atom is 0.332 e. The van der Waals surface area contributed by atoms with Gasteiger partial charge in [-0.3, -0.25) is 18.7 Å². The Morgan fingerprint density at radius 3 is 2.61 bits per heavy atom.